The van der Waals surface area contributed by atoms with Gasteiger partial charge in [-0.15, -0.1) is 0 Å². The molecule has 1 aliphatic heterocycles. The molecule has 26 heavy (non-hydrogen) atoms. The molecular weight excluding hydrogens is 330 g/mol. The summed E-state index contributed by atoms with van der Waals surface area (Å²) in [5.74, 6) is 0.794. The van der Waals surface area contributed by atoms with Crippen LogP contribution in [0.15, 0.2) is 48.5 Å². The van der Waals surface area contributed by atoms with Gasteiger partial charge in [-0.25, -0.2) is 0 Å². The van der Waals surface area contributed by atoms with Gasteiger partial charge in [-0.2, -0.15) is 0 Å². The minimum Gasteiger partial charge on any atom is -0.457 e. The molecule has 1 fully saturated rings. The van der Waals surface area contributed by atoms with Crippen molar-refractivity contribution in [1.29, 1.82) is 0 Å². The van der Waals surface area contributed by atoms with Gasteiger partial charge in [0.25, 0.3) is 5.91 Å². The molecule has 6 heteroatoms. The van der Waals surface area contributed by atoms with E-state index in [0.29, 0.717) is 28.7 Å². The third-order valence-corrected chi connectivity index (χ3v) is 4.59. The molecule has 3 rings (SSSR count). The van der Waals surface area contributed by atoms with E-state index in [4.69, 9.17) is 10.5 Å². The number of nitrogens with two attached hydrogens (primary N) is 1. The lowest BCUT2D eigenvalue weighted by molar-refractivity contribution is 0.0698. The zero-order valence-electron chi connectivity index (χ0n) is 14.8. The maximum Gasteiger partial charge on any atom is 0.253 e. The number of piperidine rings is 1. The zero-order chi connectivity index (χ0) is 18.5. The second-order valence-electron chi connectivity index (χ2n) is 6.39. The Labute approximate surface area is 152 Å². The van der Waals surface area contributed by atoms with E-state index in [1.807, 2.05) is 11.9 Å². The van der Waals surface area contributed by atoms with Gasteiger partial charge < -0.3 is 20.7 Å². The van der Waals surface area contributed by atoms with Gasteiger partial charge in [-0.1, -0.05) is 0 Å². The fraction of sp³-hybridized carbons (Fsp3) is 0.300. The van der Waals surface area contributed by atoms with Crippen molar-refractivity contribution in [3.8, 4) is 11.5 Å². The molecule has 2 aromatic carbocycles. The van der Waals surface area contributed by atoms with Crippen LogP contribution in [0.3, 0.4) is 0 Å². The van der Waals surface area contributed by atoms with Crippen molar-refractivity contribution in [3.63, 3.8) is 0 Å². The van der Waals surface area contributed by atoms with E-state index < -0.39 is 5.91 Å². The van der Waals surface area contributed by atoms with Crippen LogP contribution in [0.5, 0.6) is 11.5 Å². The lowest BCUT2D eigenvalue weighted by atomic mass is 10.0. The molecule has 3 N–H and O–H groups in total. The van der Waals surface area contributed by atoms with Gasteiger partial charge >= 0.3 is 0 Å². The molecule has 1 unspecified atom stereocenters. The highest BCUT2D eigenvalue weighted by Crippen LogP contribution is 2.23. The first kappa shape index (κ1) is 17.9. The van der Waals surface area contributed by atoms with Gasteiger partial charge in [0.05, 0.1) is 0 Å². The summed E-state index contributed by atoms with van der Waals surface area (Å²) >= 11 is 0. The minimum atomic E-state index is -0.474. The van der Waals surface area contributed by atoms with Crippen molar-refractivity contribution < 1.29 is 14.3 Å². The first-order valence-corrected chi connectivity index (χ1v) is 8.71. The highest BCUT2D eigenvalue weighted by molar-refractivity contribution is 5.94. The molecule has 0 aliphatic carbocycles. The van der Waals surface area contributed by atoms with Crippen molar-refractivity contribution >= 4 is 11.8 Å². The topological polar surface area (TPSA) is 84.7 Å². The number of benzene rings is 2. The third kappa shape index (κ3) is 4.21. The Hall–Kier alpha value is -2.86. The molecule has 6 nitrogen and oxygen atoms in total. The Morgan fingerprint density at radius 3 is 2.15 bits per heavy atom. The summed E-state index contributed by atoms with van der Waals surface area (Å²) in [5, 5.41) is 3.24. The van der Waals surface area contributed by atoms with Crippen molar-refractivity contribution in [2.75, 3.05) is 20.1 Å². The maximum absolute atomic E-state index is 12.6. The Kier molecular flexibility index (Phi) is 5.53. The highest BCUT2D eigenvalue weighted by atomic mass is 16.5. The Bertz CT molecular complexity index is 772. The monoisotopic (exact) mass is 353 g/mol. The SMILES string of the molecule is CNC1CCCN(C(=O)c2ccc(Oc3ccc(C(N)=O)cc3)cc2)C1. The summed E-state index contributed by atoms with van der Waals surface area (Å²) < 4.78 is 5.74. The van der Waals surface area contributed by atoms with Crippen LogP contribution in [-0.2, 0) is 0 Å². The third-order valence-electron chi connectivity index (χ3n) is 4.59. The summed E-state index contributed by atoms with van der Waals surface area (Å²) in [6.07, 6.45) is 2.11. The van der Waals surface area contributed by atoms with Crippen molar-refractivity contribution in [1.82, 2.24) is 10.2 Å². The molecular formula is C20H23N3O3. The van der Waals surface area contributed by atoms with E-state index in [0.717, 1.165) is 25.9 Å². The van der Waals surface area contributed by atoms with Gasteiger partial charge in [0.2, 0.25) is 5.91 Å². The van der Waals surface area contributed by atoms with E-state index >= 15 is 0 Å². The number of carbonyl (C=O) groups is 2. The standard InChI is InChI=1S/C20H23N3O3/c1-22-16-3-2-12-23(13-16)20(25)15-6-10-18(11-7-15)26-17-8-4-14(5-9-17)19(21)24/h4-11,16,22H,2-3,12-13H2,1H3,(H2,21,24). The molecule has 0 aromatic heterocycles. The number of rotatable bonds is 5. The van der Waals surface area contributed by atoms with Crippen molar-refractivity contribution in [2.45, 2.75) is 18.9 Å². The largest absolute Gasteiger partial charge is 0.457 e. The number of primary amides is 1. The molecule has 0 spiro atoms. The van der Waals surface area contributed by atoms with E-state index in [-0.39, 0.29) is 5.91 Å². The summed E-state index contributed by atoms with van der Waals surface area (Å²) in [4.78, 5) is 25.6. The van der Waals surface area contributed by atoms with Crippen LogP contribution in [0.1, 0.15) is 33.6 Å². The fourth-order valence-electron chi connectivity index (χ4n) is 3.07. The van der Waals surface area contributed by atoms with E-state index in [9.17, 15) is 9.59 Å². The Morgan fingerprint density at radius 1 is 1.04 bits per heavy atom. The highest BCUT2D eigenvalue weighted by Gasteiger charge is 2.23. The van der Waals surface area contributed by atoms with Crippen LogP contribution in [-0.4, -0.2) is 42.9 Å². The summed E-state index contributed by atoms with van der Waals surface area (Å²) in [6, 6.07) is 14.1. The van der Waals surface area contributed by atoms with Crippen LogP contribution in [0.25, 0.3) is 0 Å². The number of likely N-dealkylation sites (tertiary alicyclic amines) is 1. The van der Waals surface area contributed by atoms with E-state index in [1.165, 1.54) is 0 Å². The smallest absolute Gasteiger partial charge is 0.253 e. The Balaban J connectivity index is 1.64. The predicted molar refractivity (Wildman–Crippen MR) is 99.5 cm³/mol. The van der Waals surface area contributed by atoms with Crippen LogP contribution < -0.4 is 15.8 Å². The van der Waals surface area contributed by atoms with Gasteiger partial charge in [0.15, 0.2) is 0 Å². The number of ether oxygens (including phenoxy) is 1. The summed E-state index contributed by atoms with van der Waals surface area (Å²) in [7, 11) is 1.93. The number of nitrogens with one attached hydrogen (secondary N) is 1. The molecule has 1 saturated heterocycles. The first-order valence-electron chi connectivity index (χ1n) is 8.71. The van der Waals surface area contributed by atoms with E-state index in [1.54, 1.807) is 48.5 Å². The molecule has 136 valence electrons. The van der Waals surface area contributed by atoms with Crippen LogP contribution in [0, 0.1) is 0 Å². The molecule has 0 bridgehead atoms. The first-order chi connectivity index (χ1) is 12.6. The number of hydrogen-bond acceptors (Lipinski definition) is 4. The number of likely N-dealkylation sites (N-methyl/N-ethyl adjacent to an activating group) is 1. The lowest BCUT2D eigenvalue weighted by Crippen LogP contribution is -2.46. The zero-order valence-corrected chi connectivity index (χ0v) is 14.8. The van der Waals surface area contributed by atoms with Crippen molar-refractivity contribution in [3.05, 3.63) is 59.7 Å². The number of carbonyl (C=O) groups excluding carboxylic acids is 2. The van der Waals surface area contributed by atoms with Crippen molar-refractivity contribution in [2.24, 2.45) is 5.73 Å². The average Bonchev–Trinajstić information content (AvgIpc) is 2.68. The number of hydrogen-bond donors (Lipinski definition) is 2. The quantitative estimate of drug-likeness (QED) is 0.864. The predicted octanol–water partition coefficient (Wildman–Crippen LogP) is 2.40. The number of nitrogens with zero attached hydrogens (tertiary/aromatic N) is 1. The molecule has 1 heterocycles. The number of amides is 2. The minimum absolute atomic E-state index is 0.0438. The van der Waals surface area contributed by atoms with Crippen LogP contribution in [0.4, 0.5) is 0 Å². The summed E-state index contributed by atoms with van der Waals surface area (Å²) in [6.45, 7) is 1.53. The molecule has 1 aliphatic rings. The maximum atomic E-state index is 12.6. The molecule has 2 aromatic rings. The van der Waals surface area contributed by atoms with Gasteiger partial charge in [0, 0.05) is 30.3 Å². The molecule has 0 radical (unpaired) electrons. The van der Waals surface area contributed by atoms with E-state index in [2.05, 4.69) is 5.32 Å². The van der Waals surface area contributed by atoms with Crippen LogP contribution >= 0.6 is 0 Å². The summed E-state index contributed by atoms with van der Waals surface area (Å²) in [5.41, 5.74) is 6.30. The molecule has 2 amide bonds. The van der Waals surface area contributed by atoms with Gasteiger partial charge in [-0.05, 0) is 68.4 Å². The Morgan fingerprint density at radius 2 is 1.62 bits per heavy atom. The normalized spacial score (nSPS) is 17.0. The molecule has 1 atom stereocenters. The second kappa shape index (κ2) is 8.01. The lowest BCUT2D eigenvalue weighted by Gasteiger charge is -2.32. The van der Waals surface area contributed by atoms with Gasteiger partial charge in [-0.3, -0.25) is 9.59 Å². The van der Waals surface area contributed by atoms with Crippen LogP contribution in [0.2, 0.25) is 0 Å². The average molecular weight is 353 g/mol. The molecule has 0 saturated carbocycles. The second-order valence-corrected chi connectivity index (χ2v) is 6.39. The fourth-order valence-corrected chi connectivity index (χ4v) is 3.07. The van der Waals surface area contributed by atoms with Gasteiger partial charge in [0.1, 0.15) is 11.5 Å².